The van der Waals surface area contributed by atoms with Gasteiger partial charge in [-0.25, -0.2) is 4.79 Å². The molecule has 1 heterocycles. The third-order valence-corrected chi connectivity index (χ3v) is 3.22. The quantitative estimate of drug-likeness (QED) is 0.746. The number of amides is 1. The summed E-state index contributed by atoms with van der Waals surface area (Å²) < 4.78 is 0. The van der Waals surface area contributed by atoms with Crippen molar-refractivity contribution in [2.24, 2.45) is 0 Å². The van der Waals surface area contributed by atoms with Crippen LogP contribution in [0.3, 0.4) is 0 Å². The Kier molecular flexibility index (Phi) is 3.82. The van der Waals surface area contributed by atoms with E-state index in [1.165, 1.54) is 23.5 Å². The lowest BCUT2D eigenvalue weighted by Gasteiger charge is -2.08. The topological polar surface area (TPSA) is 92.4 Å². The zero-order valence-corrected chi connectivity index (χ0v) is 10.7. The molecule has 0 radical (unpaired) electrons. The molecular formula is C13H12N2O3S. The Labute approximate surface area is 113 Å². The van der Waals surface area contributed by atoms with Gasteiger partial charge in [0.05, 0.1) is 17.7 Å². The fourth-order valence-corrected chi connectivity index (χ4v) is 2.29. The van der Waals surface area contributed by atoms with E-state index >= 15 is 0 Å². The molecule has 5 nitrogen and oxygen atoms in total. The van der Waals surface area contributed by atoms with Gasteiger partial charge in [0, 0.05) is 5.69 Å². The van der Waals surface area contributed by atoms with E-state index in [0.717, 1.165) is 5.56 Å². The average Bonchev–Trinajstić information content (AvgIpc) is 2.83. The van der Waals surface area contributed by atoms with Gasteiger partial charge in [0.25, 0.3) is 0 Å². The van der Waals surface area contributed by atoms with Gasteiger partial charge in [0.15, 0.2) is 0 Å². The molecule has 0 spiro atoms. The van der Waals surface area contributed by atoms with Gasteiger partial charge >= 0.3 is 5.97 Å². The Hall–Kier alpha value is -2.34. The van der Waals surface area contributed by atoms with Crippen LogP contribution in [-0.4, -0.2) is 17.0 Å². The second kappa shape index (κ2) is 5.53. The van der Waals surface area contributed by atoms with Crippen molar-refractivity contribution >= 4 is 34.6 Å². The molecule has 98 valence electrons. The highest BCUT2D eigenvalue weighted by Crippen LogP contribution is 2.19. The molecule has 1 amide bonds. The number of aromatic carboxylic acids is 1. The third kappa shape index (κ3) is 3.32. The first-order valence-corrected chi connectivity index (χ1v) is 6.44. The number of rotatable bonds is 4. The lowest BCUT2D eigenvalue weighted by atomic mass is 10.1. The summed E-state index contributed by atoms with van der Waals surface area (Å²) in [5.74, 6) is -1.39. The molecule has 2 aromatic rings. The number of thiophene rings is 1. The largest absolute Gasteiger partial charge is 0.478 e. The Morgan fingerprint density at radius 3 is 2.74 bits per heavy atom. The van der Waals surface area contributed by atoms with E-state index in [2.05, 4.69) is 5.32 Å². The number of nitrogen functional groups attached to an aromatic ring is 1. The summed E-state index contributed by atoms with van der Waals surface area (Å²) in [6.45, 7) is 0. The summed E-state index contributed by atoms with van der Waals surface area (Å²) in [7, 11) is 0. The highest BCUT2D eigenvalue weighted by molar-refractivity contribution is 7.08. The molecule has 19 heavy (non-hydrogen) atoms. The number of nitrogens with one attached hydrogen (secondary N) is 1. The molecule has 0 aliphatic rings. The molecule has 0 aliphatic carbocycles. The Morgan fingerprint density at radius 1 is 1.32 bits per heavy atom. The van der Waals surface area contributed by atoms with Gasteiger partial charge < -0.3 is 16.2 Å². The van der Waals surface area contributed by atoms with Crippen molar-refractivity contribution in [3.05, 3.63) is 46.2 Å². The molecule has 2 rings (SSSR count). The molecule has 0 atom stereocenters. The maximum atomic E-state index is 11.8. The monoisotopic (exact) mass is 276 g/mol. The van der Waals surface area contributed by atoms with Crippen LogP contribution < -0.4 is 11.1 Å². The summed E-state index contributed by atoms with van der Waals surface area (Å²) in [5.41, 5.74) is 7.01. The van der Waals surface area contributed by atoms with Crippen LogP contribution >= 0.6 is 11.3 Å². The van der Waals surface area contributed by atoms with Gasteiger partial charge in [-0.1, -0.05) is 0 Å². The number of carbonyl (C=O) groups is 2. The van der Waals surface area contributed by atoms with Crippen LogP contribution in [0, 0.1) is 0 Å². The van der Waals surface area contributed by atoms with Crippen LogP contribution in [0.4, 0.5) is 11.4 Å². The summed E-state index contributed by atoms with van der Waals surface area (Å²) >= 11 is 1.51. The van der Waals surface area contributed by atoms with Crippen molar-refractivity contribution in [2.75, 3.05) is 11.1 Å². The van der Waals surface area contributed by atoms with Gasteiger partial charge in [-0.15, -0.1) is 0 Å². The molecule has 1 aromatic carbocycles. The zero-order valence-electron chi connectivity index (χ0n) is 9.92. The summed E-state index contributed by atoms with van der Waals surface area (Å²) in [5, 5.41) is 15.4. The van der Waals surface area contributed by atoms with E-state index in [1.54, 1.807) is 6.07 Å². The number of carboxylic acids is 1. The van der Waals surface area contributed by atoms with Crippen molar-refractivity contribution in [3.8, 4) is 0 Å². The van der Waals surface area contributed by atoms with E-state index in [4.69, 9.17) is 10.8 Å². The first-order chi connectivity index (χ1) is 9.06. The molecular weight excluding hydrogens is 264 g/mol. The highest BCUT2D eigenvalue weighted by atomic mass is 32.1. The van der Waals surface area contributed by atoms with Crippen molar-refractivity contribution in [3.63, 3.8) is 0 Å². The number of carbonyl (C=O) groups excluding carboxylic acids is 1. The molecule has 0 saturated carbocycles. The fourth-order valence-electron chi connectivity index (χ4n) is 1.62. The lowest BCUT2D eigenvalue weighted by Crippen LogP contribution is -2.16. The highest BCUT2D eigenvalue weighted by Gasteiger charge is 2.13. The molecule has 0 unspecified atom stereocenters. The van der Waals surface area contributed by atoms with Gasteiger partial charge in [-0.3, -0.25) is 4.79 Å². The number of hydrogen-bond acceptors (Lipinski definition) is 4. The fraction of sp³-hybridized carbons (Fsp3) is 0.0769. The normalized spacial score (nSPS) is 10.1. The summed E-state index contributed by atoms with van der Waals surface area (Å²) in [6, 6.07) is 6.21. The minimum absolute atomic E-state index is 0.0151. The smallest absolute Gasteiger partial charge is 0.337 e. The van der Waals surface area contributed by atoms with Gasteiger partial charge in [-0.2, -0.15) is 11.3 Å². The second-order valence-electron chi connectivity index (χ2n) is 3.97. The number of carboxylic acid groups (broad SMARTS) is 1. The molecule has 6 heteroatoms. The van der Waals surface area contributed by atoms with Crippen LogP contribution in [0.2, 0.25) is 0 Å². The van der Waals surface area contributed by atoms with Gasteiger partial charge in [0.1, 0.15) is 0 Å². The van der Waals surface area contributed by atoms with E-state index < -0.39 is 5.97 Å². The first kappa shape index (κ1) is 13.1. The standard InChI is InChI=1S/C13H12N2O3S/c14-9-1-2-11(10(6-9)13(17)18)15-12(16)5-8-3-4-19-7-8/h1-4,6-7H,5,14H2,(H,15,16)(H,17,18). The van der Waals surface area contributed by atoms with Gasteiger partial charge in [-0.05, 0) is 40.6 Å². The molecule has 0 saturated heterocycles. The van der Waals surface area contributed by atoms with E-state index in [9.17, 15) is 9.59 Å². The lowest BCUT2D eigenvalue weighted by molar-refractivity contribution is -0.115. The number of anilines is 2. The molecule has 0 aliphatic heterocycles. The zero-order chi connectivity index (χ0) is 13.8. The number of hydrogen-bond donors (Lipinski definition) is 3. The van der Waals surface area contributed by atoms with Crippen molar-refractivity contribution in [1.29, 1.82) is 0 Å². The van der Waals surface area contributed by atoms with Crippen molar-refractivity contribution < 1.29 is 14.7 Å². The van der Waals surface area contributed by atoms with E-state index in [1.807, 2.05) is 16.8 Å². The van der Waals surface area contributed by atoms with Gasteiger partial charge in [0.2, 0.25) is 5.91 Å². The Bertz CT molecular complexity index is 608. The maximum Gasteiger partial charge on any atom is 0.337 e. The van der Waals surface area contributed by atoms with Crippen LogP contribution in [0.15, 0.2) is 35.0 Å². The Morgan fingerprint density at radius 2 is 2.11 bits per heavy atom. The predicted octanol–water partition coefficient (Wildman–Crippen LogP) is 2.21. The van der Waals surface area contributed by atoms with Crippen LogP contribution in [0.25, 0.3) is 0 Å². The molecule has 1 aromatic heterocycles. The minimum Gasteiger partial charge on any atom is -0.478 e. The first-order valence-electron chi connectivity index (χ1n) is 5.50. The average molecular weight is 276 g/mol. The SMILES string of the molecule is Nc1ccc(NC(=O)Cc2ccsc2)c(C(=O)O)c1. The number of nitrogens with two attached hydrogens (primary N) is 1. The third-order valence-electron chi connectivity index (χ3n) is 2.49. The van der Waals surface area contributed by atoms with Crippen LogP contribution in [0.5, 0.6) is 0 Å². The second-order valence-corrected chi connectivity index (χ2v) is 4.75. The van der Waals surface area contributed by atoms with Crippen molar-refractivity contribution in [2.45, 2.75) is 6.42 Å². The van der Waals surface area contributed by atoms with Crippen LogP contribution in [-0.2, 0) is 11.2 Å². The number of benzene rings is 1. The molecule has 0 bridgehead atoms. The Balaban J connectivity index is 2.14. The molecule has 4 N–H and O–H groups in total. The van der Waals surface area contributed by atoms with Crippen molar-refractivity contribution in [1.82, 2.24) is 0 Å². The predicted molar refractivity (Wildman–Crippen MR) is 74.5 cm³/mol. The minimum atomic E-state index is -1.13. The summed E-state index contributed by atoms with van der Waals surface area (Å²) in [6.07, 6.45) is 0.215. The molecule has 0 fully saturated rings. The van der Waals surface area contributed by atoms with Crippen LogP contribution in [0.1, 0.15) is 15.9 Å². The van der Waals surface area contributed by atoms with E-state index in [-0.39, 0.29) is 23.6 Å². The van der Waals surface area contributed by atoms with E-state index in [0.29, 0.717) is 5.69 Å². The maximum absolute atomic E-state index is 11.8. The summed E-state index contributed by atoms with van der Waals surface area (Å²) in [4.78, 5) is 22.9.